The summed E-state index contributed by atoms with van der Waals surface area (Å²) >= 11 is 5.67. The summed E-state index contributed by atoms with van der Waals surface area (Å²) in [6.07, 6.45) is 2.61. The highest BCUT2D eigenvalue weighted by Gasteiger charge is 2.52. The maximum absolute atomic E-state index is 14.9. The highest BCUT2D eigenvalue weighted by atomic mass is 35.5. The number of ether oxygens (including phenoxy) is 2. The average molecular weight is 444 g/mol. The van der Waals surface area contributed by atoms with Crippen LogP contribution >= 0.6 is 11.6 Å². The molecule has 2 aromatic carbocycles. The molecule has 0 bridgehead atoms. The van der Waals surface area contributed by atoms with Gasteiger partial charge in [0.2, 0.25) is 0 Å². The second-order valence-electron chi connectivity index (χ2n) is 7.06. The largest absolute Gasteiger partial charge is 0.478 e. The highest BCUT2D eigenvalue weighted by molar-refractivity contribution is 6.30. The van der Waals surface area contributed by atoms with Crippen molar-refractivity contribution in [3.63, 3.8) is 0 Å². The van der Waals surface area contributed by atoms with Crippen molar-refractivity contribution in [1.29, 1.82) is 0 Å². The SMILES string of the molecule is COC(Cn1cncn1)(c1ccc(F)cc1F)C(C)(C)Oc1c(F)cc(Cl)cc1F. The van der Waals surface area contributed by atoms with E-state index in [0.29, 0.717) is 6.07 Å². The predicted octanol–water partition coefficient (Wildman–Crippen LogP) is 4.89. The Morgan fingerprint density at radius 3 is 2.23 bits per heavy atom. The Morgan fingerprint density at radius 2 is 1.70 bits per heavy atom. The molecule has 0 amide bonds. The minimum atomic E-state index is -1.70. The lowest BCUT2D eigenvalue weighted by Gasteiger charge is -2.45. The van der Waals surface area contributed by atoms with E-state index in [2.05, 4.69) is 10.1 Å². The first-order valence-corrected chi connectivity index (χ1v) is 9.14. The van der Waals surface area contributed by atoms with Crippen LogP contribution in [0.3, 0.4) is 0 Å². The summed E-state index contributed by atoms with van der Waals surface area (Å²) in [5.74, 6) is -4.52. The Balaban J connectivity index is 2.17. The van der Waals surface area contributed by atoms with Crippen molar-refractivity contribution >= 4 is 11.6 Å². The standard InChI is InChI=1S/C20H18ClF4N3O2/c1-19(2,30-18-16(24)6-12(21)7-17(18)25)20(29-3,9-28-11-26-10-27-28)14-5-4-13(22)8-15(14)23/h4-8,10-11H,9H2,1-3H3. The Labute approximate surface area is 175 Å². The van der Waals surface area contributed by atoms with Gasteiger partial charge < -0.3 is 9.47 Å². The molecule has 1 unspecified atom stereocenters. The van der Waals surface area contributed by atoms with Gasteiger partial charge in [0.15, 0.2) is 23.0 Å². The van der Waals surface area contributed by atoms with E-state index in [-0.39, 0.29) is 17.1 Å². The van der Waals surface area contributed by atoms with Crippen LogP contribution in [-0.4, -0.2) is 27.5 Å². The van der Waals surface area contributed by atoms with Gasteiger partial charge in [0.05, 0.1) is 6.54 Å². The molecule has 0 aliphatic heterocycles. The average Bonchev–Trinajstić information content (AvgIpc) is 3.16. The number of hydrogen-bond acceptors (Lipinski definition) is 4. The summed E-state index contributed by atoms with van der Waals surface area (Å²) in [7, 11) is 1.28. The molecular weight excluding hydrogens is 426 g/mol. The second-order valence-corrected chi connectivity index (χ2v) is 7.50. The van der Waals surface area contributed by atoms with E-state index >= 15 is 0 Å². The monoisotopic (exact) mass is 443 g/mol. The van der Waals surface area contributed by atoms with Crippen molar-refractivity contribution in [3.8, 4) is 5.75 Å². The van der Waals surface area contributed by atoms with Gasteiger partial charge in [0.25, 0.3) is 0 Å². The van der Waals surface area contributed by atoms with E-state index in [1.54, 1.807) is 0 Å². The lowest BCUT2D eigenvalue weighted by atomic mass is 9.78. The smallest absolute Gasteiger partial charge is 0.191 e. The van der Waals surface area contributed by atoms with Crippen LogP contribution in [0.4, 0.5) is 17.6 Å². The van der Waals surface area contributed by atoms with E-state index in [1.807, 2.05) is 0 Å². The fourth-order valence-corrected chi connectivity index (χ4v) is 3.54. The van der Waals surface area contributed by atoms with E-state index in [9.17, 15) is 17.6 Å². The molecule has 0 spiro atoms. The maximum atomic E-state index is 14.9. The van der Waals surface area contributed by atoms with Gasteiger partial charge in [-0.15, -0.1) is 0 Å². The Kier molecular flexibility index (Phi) is 6.05. The molecule has 160 valence electrons. The first-order valence-electron chi connectivity index (χ1n) is 8.76. The first-order chi connectivity index (χ1) is 14.1. The van der Waals surface area contributed by atoms with Crippen molar-refractivity contribution in [2.24, 2.45) is 0 Å². The van der Waals surface area contributed by atoms with Gasteiger partial charge in [-0.05, 0) is 32.0 Å². The molecule has 0 radical (unpaired) electrons. The minimum Gasteiger partial charge on any atom is -0.478 e. The van der Waals surface area contributed by atoms with Crippen molar-refractivity contribution in [2.75, 3.05) is 7.11 Å². The van der Waals surface area contributed by atoms with Crippen LogP contribution in [0.2, 0.25) is 5.02 Å². The third-order valence-corrected chi connectivity index (χ3v) is 5.08. The molecule has 5 nitrogen and oxygen atoms in total. The number of benzene rings is 2. The molecule has 3 rings (SSSR count). The molecule has 1 heterocycles. The number of nitrogens with zero attached hydrogens (tertiary/aromatic N) is 3. The first kappa shape index (κ1) is 22.0. The normalized spacial score (nSPS) is 13.9. The molecule has 0 saturated heterocycles. The van der Waals surface area contributed by atoms with Gasteiger partial charge in [-0.25, -0.2) is 27.2 Å². The van der Waals surface area contributed by atoms with Crippen LogP contribution in [0.25, 0.3) is 0 Å². The molecule has 1 aromatic heterocycles. The fourth-order valence-electron chi connectivity index (χ4n) is 3.34. The number of hydrogen-bond donors (Lipinski definition) is 0. The lowest BCUT2D eigenvalue weighted by Crippen LogP contribution is -2.56. The van der Waals surface area contributed by atoms with E-state index in [0.717, 1.165) is 18.2 Å². The number of rotatable bonds is 7. The quantitative estimate of drug-likeness (QED) is 0.488. The van der Waals surface area contributed by atoms with Gasteiger partial charge in [0, 0.05) is 23.8 Å². The summed E-state index contributed by atoms with van der Waals surface area (Å²) in [5.41, 5.74) is -3.39. The molecule has 0 fully saturated rings. The van der Waals surface area contributed by atoms with Crippen molar-refractivity contribution in [1.82, 2.24) is 14.8 Å². The summed E-state index contributed by atoms with van der Waals surface area (Å²) in [5, 5.41) is 3.84. The molecule has 0 N–H and O–H groups in total. The molecule has 10 heteroatoms. The van der Waals surface area contributed by atoms with Gasteiger partial charge in [0.1, 0.15) is 29.9 Å². The fraction of sp³-hybridized carbons (Fsp3) is 0.300. The van der Waals surface area contributed by atoms with Crippen molar-refractivity contribution < 1.29 is 27.0 Å². The van der Waals surface area contributed by atoms with E-state index < -0.39 is 40.2 Å². The molecule has 30 heavy (non-hydrogen) atoms. The summed E-state index contributed by atoms with van der Waals surface area (Å²) < 4.78 is 70.0. The van der Waals surface area contributed by atoms with Crippen LogP contribution < -0.4 is 4.74 Å². The summed E-state index contributed by atoms with van der Waals surface area (Å²) in [6, 6.07) is 4.70. The predicted molar refractivity (Wildman–Crippen MR) is 101 cm³/mol. The zero-order valence-electron chi connectivity index (χ0n) is 16.3. The number of aromatic nitrogens is 3. The van der Waals surface area contributed by atoms with E-state index in [4.69, 9.17) is 21.1 Å². The molecule has 0 aliphatic rings. The Morgan fingerprint density at radius 1 is 1.03 bits per heavy atom. The van der Waals surface area contributed by atoms with E-state index in [1.165, 1.54) is 44.4 Å². The molecule has 0 aliphatic carbocycles. The van der Waals surface area contributed by atoms with Crippen LogP contribution in [-0.2, 0) is 16.9 Å². The van der Waals surface area contributed by atoms with Crippen LogP contribution in [0, 0.1) is 23.3 Å². The maximum Gasteiger partial charge on any atom is 0.191 e. The molecule has 1 atom stereocenters. The van der Waals surface area contributed by atoms with Gasteiger partial charge in [-0.2, -0.15) is 5.10 Å². The summed E-state index contributed by atoms with van der Waals surface area (Å²) in [4.78, 5) is 3.84. The minimum absolute atomic E-state index is 0.0957. The van der Waals surface area contributed by atoms with Gasteiger partial charge >= 0.3 is 0 Å². The third-order valence-electron chi connectivity index (χ3n) is 4.86. The third kappa shape index (κ3) is 3.99. The lowest BCUT2D eigenvalue weighted by molar-refractivity contribution is -0.159. The summed E-state index contributed by atoms with van der Waals surface area (Å²) in [6.45, 7) is 2.77. The molecular formula is C20H18ClF4N3O2. The Hall–Kier alpha value is -2.65. The zero-order valence-corrected chi connectivity index (χ0v) is 17.1. The van der Waals surface area contributed by atoms with Crippen LogP contribution in [0.15, 0.2) is 43.0 Å². The topological polar surface area (TPSA) is 49.2 Å². The van der Waals surface area contributed by atoms with Crippen LogP contribution in [0.1, 0.15) is 19.4 Å². The number of halogens is 5. The van der Waals surface area contributed by atoms with Gasteiger partial charge in [-0.3, -0.25) is 0 Å². The molecule has 3 aromatic rings. The van der Waals surface area contributed by atoms with Crippen molar-refractivity contribution in [2.45, 2.75) is 31.6 Å². The highest BCUT2D eigenvalue weighted by Crippen LogP contribution is 2.43. The second kappa shape index (κ2) is 8.23. The zero-order chi connectivity index (χ0) is 22.1. The van der Waals surface area contributed by atoms with Crippen molar-refractivity contribution in [3.05, 3.63) is 76.8 Å². The Bertz CT molecular complexity index is 1020. The van der Waals surface area contributed by atoms with Crippen LogP contribution in [0.5, 0.6) is 5.75 Å². The molecule has 0 saturated carbocycles. The number of methoxy groups -OCH3 is 1. The van der Waals surface area contributed by atoms with Gasteiger partial charge in [-0.1, -0.05) is 17.7 Å².